The predicted octanol–water partition coefficient (Wildman–Crippen LogP) is 6.09. The number of sulfonamides is 1. The highest BCUT2D eigenvalue weighted by atomic mass is 35.5. The molecule has 1 amide bonds. The maximum Gasteiger partial charge on any atom is 0.417 e. The number of benzene rings is 3. The summed E-state index contributed by atoms with van der Waals surface area (Å²) in [6.45, 7) is 2.11. The van der Waals surface area contributed by atoms with E-state index in [0.29, 0.717) is 29.8 Å². The monoisotopic (exact) mass is 568 g/mol. The Morgan fingerprint density at radius 2 is 1.71 bits per heavy atom. The fourth-order valence-electron chi connectivity index (χ4n) is 3.68. The number of rotatable bonds is 12. The molecule has 0 heterocycles. The lowest BCUT2D eigenvalue weighted by atomic mass is 10.1. The van der Waals surface area contributed by atoms with Gasteiger partial charge in [-0.15, -0.1) is 0 Å². The number of halogens is 4. The molecule has 0 unspecified atom stereocenters. The molecule has 0 aromatic heterocycles. The van der Waals surface area contributed by atoms with Gasteiger partial charge in [0.05, 0.1) is 27.8 Å². The van der Waals surface area contributed by atoms with Gasteiger partial charge in [-0.05, 0) is 61.2 Å². The molecule has 11 heteroatoms. The highest BCUT2D eigenvalue weighted by Gasteiger charge is 2.35. The highest BCUT2D eigenvalue weighted by Crippen LogP contribution is 2.38. The predicted molar refractivity (Wildman–Crippen MR) is 141 cm³/mol. The van der Waals surface area contributed by atoms with Crippen LogP contribution in [-0.4, -0.2) is 34.0 Å². The third kappa shape index (κ3) is 7.64. The Morgan fingerprint density at radius 3 is 2.39 bits per heavy atom. The van der Waals surface area contributed by atoms with Crippen LogP contribution >= 0.6 is 11.6 Å². The van der Waals surface area contributed by atoms with Crippen LogP contribution in [0.2, 0.25) is 5.02 Å². The number of anilines is 1. The number of carbonyl (C=O) groups is 1. The van der Waals surface area contributed by atoms with Gasteiger partial charge in [0.1, 0.15) is 12.3 Å². The zero-order valence-electron chi connectivity index (χ0n) is 20.7. The minimum atomic E-state index is -4.81. The summed E-state index contributed by atoms with van der Waals surface area (Å²) in [5.74, 6) is 0.104. The number of aryl methyl sites for hydroxylation is 1. The Kier molecular flexibility index (Phi) is 10.0. The topological polar surface area (TPSA) is 75.7 Å². The van der Waals surface area contributed by atoms with Gasteiger partial charge in [0, 0.05) is 6.54 Å². The van der Waals surface area contributed by atoms with Crippen molar-refractivity contribution in [1.29, 1.82) is 0 Å². The fraction of sp³-hybridized carbons (Fsp3) is 0.296. The third-order valence-electron chi connectivity index (χ3n) is 5.54. The van der Waals surface area contributed by atoms with E-state index >= 15 is 0 Å². The molecule has 0 spiro atoms. The van der Waals surface area contributed by atoms with E-state index in [2.05, 4.69) is 5.32 Å². The number of nitrogens with zero attached hydrogens (tertiary/aromatic N) is 1. The second-order valence-electron chi connectivity index (χ2n) is 8.40. The molecule has 3 rings (SSSR count). The van der Waals surface area contributed by atoms with Gasteiger partial charge in [-0.1, -0.05) is 54.9 Å². The quantitative estimate of drug-likeness (QED) is 0.268. The number of nitrogens with one attached hydrogen (secondary N) is 1. The first-order valence-electron chi connectivity index (χ1n) is 12.0. The van der Waals surface area contributed by atoms with Crippen molar-refractivity contribution in [2.24, 2.45) is 0 Å². The van der Waals surface area contributed by atoms with Crippen LogP contribution in [0.5, 0.6) is 5.75 Å². The van der Waals surface area contributed by atoms with E-state index in [1.54, 1.807) is 6.07 Å². The third-order valence-corrected chi connectivity index (χ3v) is 7.66. The zero-order valence-corrected chi connectivity index (χ0v) is 22.2. The molecular weight excluding hydrogens is 541 g/mol. The Morgan fingerprint density at radius 1 is 1.03 bits per heavy atom. The second kappa shape index (κ2) is 13.0. The molecule has 0 aliphatic heterocycles. The van der Waals surface area contributed by atoms with Crippen LogP contribution in [0.15, 0.2) is 77.7 Å². The maximum atomic E-state index is 13.5. The SMILES string of the molecule is CCCOc1ccccc1CCCNC(=O)CN(c1ccc(Cl)c(C(F)(F)F)c1)S(=O)(=O)c1ccccc1. The van der Waals surface area contributed by atoms with Gasteiger partial charge in [0.15, 0.2) is 0 Å². The normalized spacial score (nSPS) is 11.7. The van der Waals surface area contributed by atoms with E-state index in [1.165, 1.54) is 24.3 Å². The fourth-order valence-corrected chi connectivity index (χ4v) is 5.34. The smallest absolute Gasteiger partial charge is 0.417 e. The molecule has 0 fully saturated rings. The largest absolute Gasteiger partial charge is 0.493 e. The number of hydrogen-bond acceptors (Lipinski definition) is 4. The van der Waals surface area contributed by atoms with Crippen molar-refractivity contribution in [3.63, 3.8) is 0 Å². The molecule has 3 aromatic rings. The first kappa shape index (κ1) is 29.3. The summed E-state index contributed by atoms with van der Waals surface area (Å²) in [5, 5.41) is 2.08. The number of ether oxygens (including phenoxy) is 1. The summed E-state index contributed by atoms with van der Waals surface area (Å²) in [7, 11) is -4.37. The van der Waals surface area contributed by atoms with Crippen LogP contribution in [0, 0.1) is 0 Å². The molecule has 0 bridgehead atoms. The van der Waals surface area contributed by atoms with Crippen molar-refractivity contribution in [2.45, 2.75) is 37.3 Å². The molecule has 3 aromatic carbocycles. The minimum Gasteiger partial charge on any atom is -0.493 e. The van der Waals surface area contributed by atoms with Crippen LogP contribution in [0.1, 0.15) is 30.9 Å². The number of hydrogen-bond donors (Lipinski definition) is 1. The Labute approximate surface area is 225 Å². The van der Waals surface area contributed by atoms with Gasteiger partial charge in [0.2, 0.25) is 5.91 Å². The Hall–Kier alpha value is -3.24. The van der Waals surface area contributed by atoms with Crippen molar-refractivity contribution in [3.05, 3.63) is 88.9 Å². The molecule has 38 heavy (non-hydrogen) atoms. The van der Waals surface area contributed by atoms with Crippen LogP contribution in [-0.2, 0) is 27.4 Å². The van der Waals surface area contributed by atoms with E-state index in [-0.39, 0.29) is 17.1 Å². The van der Waals surface area contributed by atoms with E-state index in [1.807, 2.05) is 31.2 Å². The first-order valence-corrected chi connectivity index (χ1v) is 13.8. The molecule has 6 nitrogen and oxygen atoms in total. The van der Waals surface area contributed by atoms with Crippen molar-refractivity contribution in [1.82, 2.24) is 5.32 Å². The Bertz CT molecular complexity index is 1340. The second-order valence-corrected chi connectivity index (χ2v) is 10.7. The summed E-state index contributed by atoms with van der Waals surface area (Å²) < 4.78 is 73.6. The van der Waals surface area contributed by atoms with E-state index in [9.17, 15) is 26.4 Å². The molecule has 0 aliphatic rings. The average Bonchev–Trinajstić information content (AvgIpc) is 2.89. The van der Waals surface area contributed by atoms with Crippen molar-refractivity contribution in [3.8, 4) is 5.75 Å². The van der Waals surface area contributed by atoms with Gasteiger partial charge in [0.25, 0.3) is 10.0 Å². The maximum absolute atomic E-state index is 13.5. The number of para-hydroxylation sites is 1. The zero-order chi connectivity index (χ0) is 27.8. The van der Waals surface area contributed by atoms with Crippen LogP contribution in [0.25, 0.3) is 0 Å². The summed E-state index contributed by atoms with van der Waals surface area (Å²) >= 11 is 5.72. The minimum absolute atomic E-state index is 0.167. The van der Waals surface area contributed by atoms with E-state index in [4.69, 9.17) is 16.3 Å². The van der Waals surface area contributed by atoms with Gasteiger partial charge < -0.3 is 10.1 Å². The van der Waals surface area contributed by atoms with Crippen LogP contribution in [0.4, 0.5) is 18.9 Å². The molecule has 0 atom stereocenters. The molecule has 0 saturated heterocycles. The summed E-state index contributed by atoms with van der Waals surface area (Å²) in [4.78, 5) is 12.6. The van der Waals surface area contributed by atoms with Crippen LogP contribution in [0.3, 0.4) is 0 Å². The summed E-state index contributed by atoms with van der Waals surface area (Å²) in [6, 6.07) is 17.5. The first-order chi connectivity index (χ1) is 18.0. The van der Waals surface area contributed by atoms with Crippen molar-refractivity contribution < 1.29 is 31.1 Å². The molecule has 1 N–H and O–H groups in total. The lowest BCUT2D eigenvalue weighted by Gasteiger charge is -2.25. The van der Waals surface area contributed by atoms with Gasteiger partial charge in [-0.3, -0.25) is 9.10 Å². The molecule has 0 aliphatic carbocycles. The van der Waals surface area contributed by atoms with Crippen molar-refractivity contribution >= 4 is 33.2 Å². The number of amides is 1. The number of alkyl halides is 3. The molecular formula is C27H28ClF3N2O4S. The Balaban J connectivity index is 1.76. The lowest BCUT2D eigenvalue weighted by Crippen LogP contribution is -2.41. The number of carbonyl (C=O) groups excluding carboxylic acids is 1. The summed E-state index contributed by atoms with van der Waals surface area (Å²) in [6.07, 6.45) is -2.79. The van der Waals surface area contributed by atoms with E-state index in [0.717, 1.165) is 29.9 Å². The van der Waals surface area contributed by atoms with Gasteiger partial charge in [-0.25, -0.2) is 8.42 Å². The highest BCUT2D eigenvalue weighted by molar-refractivity contribution is 7.92. The lowest BCUT2D eigenvalue weighted by molar-refractivity contribution is -0.137. The summed E-state index contributed by atoms with van der Waals surface area (Å²) in [5.41, 5.74) is -0.554. The molecule has 204 valence electrons. The molecule has 0 saturated carbocycles. The molecule has 0 radical (unpaired) electrons. The van der Waals surface area contributed by atoms with Crippen molar-refractivity contribution in [2.75, 3.05) is 24.0 Å². The van der Waals surface area contributed by atoms with E-state index < -0.39 is 39.2 Å². The average molecular weight is 569 g/mol. The van der Waals surface area contributed by atoms with Crippen LogP contribution < -0.4 is 14.4 Å². The van der Waals surface area contributed by atoms with Gasteiger partial charge in [-0.2, -0.15) is 13.2 Å². The van der Waals surface area contributed by atoms with Gasteiger partial charge >= 0.3 is 6.18 Å². The standard InChI is InChI=1S/C27H28ClF3N2O4S/c1-2-17-37-25-13-7-6-9-20(25)10-8-16-32-26(34)19-33(38(35,36)22-11-4-3-5-12-22)21-14-15-24(28)23(18-21)27(29,30)31/h3-7,9,11-15,18H,2,8,10,16-17,19H2,1H3,(H,32,34).